The van der Waals surface area contributed by atoms with E-state index in [1.54, 1.807) is 18.9 Å². The molecule has 0 radical (unpaired) electrons. The first-order valence-corrected chi connectivity index (χ1v) is 6.10. The highest BCUT2D eigenvalue weighted by Crippen LogP contribution is 2.30. The van der Waals surface area contributed by atoms with Crippen molar-refractivity contribution in [2.75, 3.05) is 38.4 Å². The first kappa shape index (κ1) is 13.2. The third-order valence-electron chi connectivity index (χ3n) is 1.94. The second kappa shape index (κ2) is 7.38. The molecule has 4 N–H and O–H groups in total. The van der Waals surface area contributed by atoms with Crippen LogP contribution in [0, 0.1) is 0 Å². The maximum atomic E-state index is 5.67. The van der Waals surface area contributed by atoms with E-state index in [1.807, 2.05) is 18.2 Å². The molecule has 16 heavy (non-hydrogen) atoms. The third-order valence-corrected chi connectivity index (χ3v) is 2.95. The predicted molar refractivity (Wildman–Crippen MR) is 68.0 cm³/mol. The Morgan fingerprint density at radius 2 is 2.12 bits per heavy atom. The summed E-state index contributed by atoms with van der Waals surface area (Å²) in [7, 11) is 1.64. The van der Waals surface area contributed by atoms with Gasteiger partial charge in [-0.3, -0.25) is 0 Å². The molecule has 0 aliphatic heterocycles. The van der Waals surface area contributed by atoms with Gasteiger partial charge in [0.2, 0.25) is 0 Å². The Kier molecular flexibility index (Phi) is 6.07. The molecule has 0 heterocycles. The molecule has 5 heteroatoms. The number of benzene rings is 1. The van der Waals surface area contributed by atoms with Gasteiger partial charge in [-0.1, -0.05) is 0 Å². The molecule has 1 aromatic rings. The van der Waals surface area contributed by atoms with Crippen molar-refractivity contribution in [3.63, 3.8) is 0 Å². The van der Waals surface area contributed by atoms with Gasteiger partial charge in [0.25, 0.3) is 0 Å². The summed E-state index contributed by atoms with van der Waals surface area (Å²) in [4.78, 5) is 1.08. The Bertz CT molecular complexity index is 321. The highest BCUT2D eigenvalue weighted by Gasteiger charge is 2.03. The van der Waals surface area contributed by atoms with Crippen LogP contribution in [0.25, 0.3) is 0 Å². The zero-order valence-electron chi connectivity index (χ0n) is 9.44. The molecule has 0 atom stereocenters. The van der Waals surface area contributed by atoms with Crippen LogP contribution < -0.4 is 16.2 Å². The topological polar surface area (TPSA) is 70.5 Å². The number of ether oxygens (including phenoxy) is 2. The van der Waals surface area contributed by atoms with Crippen LogP contribution in [0.5, 0.6) is 5.75 Å². The number of anilines is 1. The number of nitrogen functional groups attached to an aromatic ring is 1. The van der Waals surface area contributed by atoms with Crippen LogP contribution in [-0.4, -0.2) is 32.6 Å². The van der Waals surface area contributed by atoms with Crippen LogP contribution in [0.15, 0.2) is 23.1 Å². The van der Waals surface area contributed by atoms with E-state index in [4.69, 9.17) is 20.9 Å². The summed E-state index contributed by atoms with van der Waals surface area (Å²) >= 11 is 1.68. The largest absolute Gasteiger partial charge is 0.496 e. The zero-order chi connectivity index (χ0) is 11.8. The number of thioether (sulfide) groups is 1. The van der Waals surface area contributed by atoms with E-state index in [9.17, 15) is 0 Å². The molecule has 1 aromatic carbocycles. The number of methoxy groups -OCH3 is 1. The second-order valence-corrected chi connectivity index (χ2v) is 4.30. The summed E-state index contributed by atoms with van der Waals surface area (Å²) < 4.78 is 10.5. The highest BCUT2D eigenvalue weighted by atomic mass is 32.2. The Hall–Kier alpha value is -0.910. The van der Waals surface area contributed by atoms with Crippen molar-refractivity contribution >= 4 is 17.4 Å². The van der Waals surface area contributed by atoms with Crippen molar-refractivity contribution in [2.45, 2.75) is 4.90 Å². The summed E-state index contributed by atoms with van der Waals surface area (Å²) in [6.07, 6.45) is 0. The average molecular weight is 242 g/mol. The Morgan fingerprint density at radius 3 is 2.81 bits per heavy atom. The third kappa shape index (κ3) is 4.30. The summed E-state index contributed by atoms with van der Waals surface area (Å²) in [6, 6.07) is 5.65. The van der Waals surface area contributed by atoms with Gasteiger partial charge in [-0.05, 0) is 12.1 Å². The van der Waals surface area contributed by atoms with Crippen molar-refractivity contribution in [1.82, 2.24) is 0 Å². The molecule has 90 valence electrons. The Balaban J connectivity index is 2.41. The summed E-state index contributed by atoms with van der Waals surface area (Å²) in [5.74, 6) is 1.68. The molecule has 0 aliphatic rings. The molecule has 4 nitrogen and oxygen atoms in total. The minimum absolute atomic E-state index is 0.565. The van der Waals surface area contributed by atoms with E-state index in [1.165, 1.54) is 0 Å². The highest BCUT2D eigenvalue weighted by molar-refractivity contribution is 7.99. The van der Waals surface area contributed by atoms with Gasteiger partial charge < -0.3 is 20.9 Å². The fourth-order valence-corrected chi connectivity index (χ4v) is 2.07. The SMILES string of the molecule is COc1cc(N)ccc1SCCOCCN. The minimum atomic E-state index is 0.565. The maximum Gasteiger partial charge on any atom is 0.134 e. The normalized spacial score (nSPS) is 10.4. The van der Waals surface area contributed by atoms with E-state index in [-0.39, 0.29) is 0 Å². The molecule has 0 spiro atoms. The molecule has 0 bridgehead atoms. The molecular weight excluding hydrogens is 224 g/mol. The first-order chi connectivity index (χ1) is 7.77. The van der Waals surface area contributed by atoms with E-state index < -0.39 is 0 Å². The van der Waals surface area contributed by atoms with Gasteiger partial charge in [-0.15, -0.1) is 11.8 Å². The Morgan fingerprint density at radius 1 is 1.31 bits per heavy atom. The molecule has 0 saturated carbocycles. The van der Waals surface area contributed by atoms with Crippen molar-refractivity contribution in [1.29, 1.82) is 0 Å². The van der Waals surface area contributed by atoms with E-state index >= 15 is 0 Å². The lowest BCUT2D eigenvalue weighted by molar-refractivity contribution is 0.158. The first-order valence-electron chi connectivity index (χ1n) is 5.12. The molecular formula is C11H18N2O2S. The van der Waals surface area contributed by atoms with Gasteiger partial charge in [0.05, 0.1) is 20.3 Å². The fraction of sp³-hybridized carbons (Fsp3) is 0.455. The molecule has 0 aromatic heterocycles. The molecule has 0 saturated heterocycles. The second-order valence-electron chi connectivity index (χ2n) is 3.16. The summed E-state index contributed by atoms with van der Waals surface area (Å²) in [5, 5.41) is 0. The fourth-order valence-electron chi connectivity index (χ4n) is 1.20. The lowest BCUT2D eigenvalue weighted by Gasteiger charge is -2.08. The average Bonchev–Trinajstić information content (AvgIpc) is 2.30. The van der Waals surface area contributed by atoms with Gasteiger partial charge in [0.15, 0.2) is 0 Å². The van der Waals surface area contributed by atoms with Gasteiger partial charge in [0.1, 0.15) is 5.75 Å². The van der Waals surface area contributed by atoms with Crippen LogP contribution in [0.4, 0.5) is 5.69 Å². The molecule has 0 unspecified atom stereocenters. The van der Waals surface area contributed by atoms with E-state index in [0.29, 0.717) is 25.4 Å². The number of hydrogen-bond donors (Lipinski definition) is 2. The van der Waals surface area contributed by atoms with Crippen molar-refractivity contribution < 1.29 is 9.47 Å². The van der Waals surface area contributed by atoms with Crippen LogP contribution in [-0.2, 0) is 4.74 Å². The van der Waals surface area contributed by atoms with Crippen LogP contribution >= 0.6 is 11.8 Å². The lowest BCUT2D eigenvalue weighted by Crippen LogP contribution is -2.09. The number of hydrogen-bond acceptors (Lipinski definition) is 5. The lowest BCUT2D eigenvalue weighted by atomic mass is 10.3. The van der Waals surface area contributed by atoms with Crippen molar-refractivity contribution in [2.24, 2.45) is 5.73 Å². The standard InChI is InChI=1S/C11H18N2O2S/c1-14-10-8-9(13)2-3-11(10)16-7-6-15-5-4-12/h2-3,8H,4-7,12-13H2,1H3. The van der Waals surface area contributed by atoms with Crippen LogP contribution in [0.2, 0.25) is 0 Å². The quantitative estimate of drug-likeness (QED) is 0.429. The predicted octanol–water partition coefficient (Wildman–Crippen LogP) is 1.34. The number of nitrogens with two attached hydrogens (primary N) is 2. The smallest absolute Gasteiger partial charge is 0.134 e. The monoisotopic (exact) mass is 242 g/mol. The zero-order valence-corrected chi connectivity index (χ0v) is 10.3. The van der Waals surface area contributed by atoms with Gasteiger partial charge in [0, 0.05) is 28.9 Å². The Labute approximate surface area is 100 Å². The van der Waals surface area contributed by atoms with Crippen LogP contribution in [0.3, 0.4) is 0 Å². The minimum Gasteiger partial charge on any atom is -0.496 e. The molecule has 1 rings (SSSR count). The van der Waals surface area contributed by atoms with Crippen LogP contribution in [0.1, 0.15) is 0 Å². The van der Waals surface area contributed by atoms with E-state index in [0.717, 1.165) is 16.4 Å². The summed E-state index contributed by atoms with van der Waals surface area (Å²) in [6.45, 7) is 1.87. The molecule has 0 fully saturated rings. The maximum absolute atomic E-state index is 5.67. The molecule has 0 amide bonds. The van der Waals surface area contributed by atoms with Gasteiger partial charge in [-0.2, -0.15) is 0 Å². The molecule has 0 aliphatic carbocycles. The van der Waals surface area contributed by atoms with Gasteiger partial charge >= 0.3 is 0 Å². The van der Waals surface area contributed by atoms with Crippen molar-refractivity contribution in [3.8, 4) is 5.75 Å². The number of rotatable bonds is 7. The van der Waals surface area contributed by atoms with E-state index in [2.05, 4.69) is 0 Å². The summed E-state index contributed by atoms with van der Waals surface area (Å²) in [5.41, 5.74) is 11.7. The van der Waals surface area contributed by atoms with Gasteiger partial charge in [-0.25, -0.2) is 0 Å². The van der Waals surface area contributed by atoms with Crippen molar-refractivity contribution in [3.05, 3.63) is 18.2 Å².